The Morgan fingerprint density at radius 1 is 1.08 bits per heavy atom. The molecule has 12 nitrogen and oxygen atoms in total. The van der Waals surface area contributed by atoms with E-state index in [0.29, 0.717) is 43.7 Å². The molecular formula is C24H34N4O8. The van der Waals surface area contributed by atoms with E-state index in [2.05, 4.69) is 10.3 Å². The number of aliphatic imine (C=N–C) groups is 1. The summed E-state index contributed by atoms with van der Waals surface area (Å²) in [6.07, 6.45) is 0.227. The number of carbonyl (C=O) groups excluding carboxylic acids is 4. The summed E-state index contributed by atoms with van der Waals surface area (Å²) in [6, 6.07) is 5.40. The molecule has 198 valence electrons. The van der Waals surface area contributed by atoms with Crippen LogP contribution < -0.4 is 11.1 Å². The molecule has 0 radical (unpaired) electrons. The normalized spacial score (nSPS) is 15.2. The number of hydrogen-bond donors (Lipinski definition) is 2. The minimum Gasteiger partial charge on any atom is -0.464 e. The van der Waals surface area contributed by atoms with Gasteiger partial charge in [0.25, 0.3) is 5.91 Å². The smallest absolute Gasteiger partial charge is 0.435 e. The third-order valence-corrected chi connectivity index (χ3v) is 5.38. The number of amides is 3. The summed E-state index contributed by atoms with van der Waals surface area (Å²) in [4.78, 5) is 53.7. The van der Waals surface area contributed by atoms with E-state index in [4.69, 9.17) is 24.7 Å². The van der Waals surface area contributed by atoms with Crippen molar-refractivity contribution in [2.45, 2.75) is 38.8 Å². The lowest BCUT2D eigenvalue weighted by Gasteiger charge is -2.33. The van der Waals surface area contributed by atoms with Gasteiger partial charge in [0.15, 0.2) is 0 Å². The summed E-state index contributed by atoms with van der Waals surface area (Å²) >= 11 is 0. The molecule has 0 aliphatic carbocycles. The number of nitrogens with zero attached hydrogens (tertiary/aromatic N) is 2. The first-order valence-electron chi connectivity index (χ1n) is 11.7. The molecule has 0 bridgehead atoms. The molecule has 1 aliphatic heterocycles. The number of methoxy groups -OCH3 is 1. The Bertz CT molecular complexity index is 927. The molecule has 1 saturated heterocycles. The molecule has 1 heterocycles. The van der Waals surface area contributed by atoms with Crippen molar-refractivity contribution < 1.29 is 38.1 Å². The van der Waals surface area contributed by atoms with Crippen LogP contribution in [-0.2, 0) is 28.5 Å². The number of benzene rings is 1. The first kappa shape index (κ1) is 28.7. The third kappa shape index (κ3) is 9.27. The summed E-state index contributed by atoms with van der Waals surface area (Å²) in [7, 11) is 1.48. The minimum atomic E-state index is -0.840. The maximum atomic E-state index is 12.8. The maximum absolute atomic E-state index is 12.8. The largest absolute Gasteiger partial charge is 0.464 e. The molecule has 0 spiro atoms. The zero-order valence-corrected chi connectivity index (χ0v) is 20.9. The Balaban J connectivity index is 1.82. The van der Waals surface area contributed by atoms with Crippen LogP contribution in [0.4, 0.5) is 4.79 Å². The quantitative estimate of drug-likeness (QED) is 0.192. The number of hydrogen-bond acceptors (Lipinski definition) is 8. The van der Waals surface area contributed by atoms with Gasteiger partial charge in [-0.3, -0.25) is 9.59 Å². The Hall–Kier alpha value is -3.51. The van der Waals surface area contributed by atoms with Crippen LogP contribution in [0.3, 0.4) is 0 Å². The van der Waals surface area contributed by atoms with Gasteiger partial charge in [0, 0.05) is 31.3 Å². The van der Waals surface area contributed by atoms with E-state index >= 15 is 0 Å². The number of rotatable bonds is 11. The zero-order valence-electron chi connectivity index (χ0n) is 20.9. The van der Waals surface area contributed by atoms with Gasteiger partial charge in [-0.25, -0.2) is 9.59 Å². The average Bonchev–Trinajstić information content (AvgIpc) is 2.87. The summed E-state index contributed by atoms with van der Waals surface area (Å²) in [5.74, 6) is -1.09. The van der Waals surface area contributed by atoms with Crippen LogP contribution in [0.15, 0.2) is 29.3 Å². The third-order valence-electron chi connectivity index (χ3n) is 5.38. The molecule has 0 saturated carbocycles. The molecule has 36 heavy (non-hydrogen) atoms. The van der Waals surface area contributed by atoms with E-state index in [1.165, 1.54) is 19.2 Å². The number of nitrogens with one attached hydrogen (secondary N) is 1. The van der Waals surface area contributed by atoms with Gasteiger partial charge in [0.1, 0.15) is 25.1 Å². The topological polar surface area (TPSA) is 159 Å². The Morgan fingerprint density at radius 2 is 1.72 bits per heavy atom. The van der Waals surface area contributed by atoms with Crippen LogP contribution >= 0.6 is 0 Å². The van der Waals surface area contributed by atoms with Crippen LogP contribution in [-0.4, -0.2) is 93.4 Å². The van der Waals surface area contributed by atoms with E-state index < -0.39 is 24.0 Å². The first-order valence-corrected chi connectivity index (χ1v) is 11.7. The van der Waals surface area contributed by atoms with Crippen molar-refractivity contribution >= 4 is 29.7 Å². The molecule has 1 aromatic rings. The highest BCUT2D eigenvalue weighted by Gasteiger charge is 2.27. The van der Waals surface area contributed by atoms with E-state index in [-0.39, 0.29) is 37.7 Å². The molecule has 12 heteroatoms. The molecule has 3 amide bonds. The summed E-state index contributed by atoms with van der Waals surface area (Å²) < 4.78 is 20.0. The van der Waals surface area contributed by atoms with Crippen LogP contribution in [0, 0.1) is 0 Å². The fraction of sp³-hybridized carbons (Fsp3) is 0.542. The van der Waals surface area contributed by atoms with Gasteiger partial charge < -0.3 is 34.9 Å². The Morgan fingerprint density at radius 3 is 2.33 bits per heavy atom. The average molecular weight is 507 g/mol. The fourth-order valence-corrected chi connectivity index (χ4v) is 3.45. The monoisotopic (exact) mass is 506 g/mol. The summed E-state index contributed by atoms with van der Waals surface area (Å²) in [5, 5.41) is 2.70. The first-order chi connectivity index (χ1) is 17.2. The summed E-state index contributed by atoms with van der Waals surface area (Å²) in [5.41, 5.74) is 6.58. The van der Waals surface area contributed by atoms with E-state index in [0.717, 1.165) is 0 Å². The number of piperidine rings is 1. The number of ether oxygens (including phenoxy) is 4. The number of carbonyl (C=O) groups is 4. The van der Waals surface area contributed by atoms with E-state index in [1.54, 1.807) is 30.9 Å². The molecule has 1 fully saturated rings. The van der Waals surface area contributed by atoms with Crippen molar-refractivity contribution in [2.75, 3.05) is 46.6 Å². The standard InChI is InChI=1S/C24H34N4O8/c1-4-34-20(29)15-36-19-9-11-28(12-10-19)23(31)16(2)26-22(30)18-7-5-17(6-8-18)21(25)27-24(32)35-14-13-33-3/h5-8,16,19H,4,9-15H2,1-3H3,(H,26,30)(H2,25,27,32)/t16-/m0/s1. The number of amidine groups is 1. The molecular weight excluding hydrogens is 472 g/mol. The zero-order chi connectivity index (χ0) is 26.5. The highest BCUT2D eigenvalue weighted by molar-refractivity contribution is 6.04. The van der Waals surface area contributed by atoms with Gasteiger partial charge in [-0.2, -0.15) is 4.99 Å². The van der Waals surface area contributed by atoms with Crippen LogP contribution in [0.2, 0.25) is 0 Å². The van der Waals surface area contributed by atoms with Crippen molar-refractivity contribution in [3.05, 3.63) is 35.4 Å². The van der Waals surface area contributed by atoms with E-state index in [1.807, 2.05) is 0 Å². The lowest BCUT2D eigenvalue weighted by Crippen LogP contribution is -2.50. The fourth-order valence-electron chi connectivity index (χ4n) is 3.45. The highest BCUT2D eigenvalue weighted by Crippen LogP contribution is 2.15. The second-order valence-corrected chi connectivity index (χ2v) is 8.02. The van der Waals surface area contributed by atoms with Crippen molar-refractivity contribution in [1.82, 2.24) is 10.2 Å². The second kappa shape index (κ2) is 14.8. The lowest BCUT2D eigenvalue weighted by atomic mass is 10.1. The highest BCUT2D eigenvalue weighted by atomic mass is 16.6. The van der Waals surface area contributed by atoms with Gasteiger partial charge in [-0.1, -0.05) is 12.1 Å². The van der Waals surface area contributed by atoms with Gasteiger partial charge >= 0.3 is 12.1 Å². The number of likely N-dealkylation sites (tertiary alicyclic amines) is 1. The minimum absolute atomic E-state index is 0.0532. The van der Waals surface area contributed by atoms with Crippen molar-refractivity contribution in [2.24, 2.45) is 10.7 Å². The number of esters is 1. The van der Waals surface area contributed by atoms with E-state index in [9.17, 15) is 19.2 Å². The van der Waals surface area contributed by atoms with Crippen LogP contribution in [0.25, 0.3) is 0 Å². The Kier molecular flexibility index (Phi) is 11.8. The molecule has 3 N–H and O–H groups in total. The van der Waals surface area contributed by atoms with Crippen LogP contribution in [0.1, 0.15) is 42.6 Å². The lowest BCUT2D eigenvalue weighted by molar-refractivity contribution is -0.152. The molecule has 1 aromatic carbocycles. The predicted molar refractivity (Wildman–Crippen MR) is 130 cm³/mol. The van der Waals surface area contributed by atoms with Crippen molar-refractivity contribution in [1.29, 1.82) is 0 Å². The summed E-state index contributed by atoms with van der Waals surface area (Å²) in [6.45, 7) is 4.79. The molecule has 1 aliphatic rings. The second-order valence-electron chi connectivity index (χ2n) is 8.02. The van der Waals surface area contributed by atoms with Gasteiger partial charge in [0.05, 0.1) is 19.3 Å². The number of nitrogens with two attached hydrogens (primary N) is 1. The molecule has 2 rings (SSSR count). The molecule has 0 aromatic heterocycles. The maximum Gasteiger partial charge on any atom is 0.435 e. The predicted octanol–water partition coefficient (Wildman–Crippen LogP) is 0.864. The van der Waals surface area contributed by atoms with Gasteiger partial charge in [-0.15, -0.1) is 0 Å². The van der Waals surface area contributed by atoms with Crippen LogP contribution in [0.5, 0.6) is 0 Å². The molecule has 0 unspecified atom stereocenters. The molecule has 1 atom stereocenters. The van der Waals surface area contributed by atoms with Crippen molar-refractivity contribution in [3.63, 3.8) is 0 Å². The Labute approximate surface area is 210 Å². The van der Waals surface area contributed by atoms with Gasteiger partial charge in [-0.05, 0) is 38.8 Å². The van der Waals surface area contributed by atoms with Gasteiger partial charge in [0.2, 0.25) is 5.91 Å². The van der Waals surface area contributed by atoms with Crippen molar-refractivity contribution in [3.8, 4) is 0 Å². The SMILES string of the molecule is CCOC(=O)COC1CCN(C(=O)[C@H](C)NC(=O)c2ccc(C(N)=NC(=O)OCCOC)cc2)CC1.